The smallest absolute Gasteiger partial charge is 0.302 e. The average molecular weight is 222 g/mol. The minimum atomic E-state index is -1.00. The van der Waals surface area contributed by atoms with Crippen LogP contribution in [0, 0.1) is 0 Å². The van der Waals surface area contributed by atoms with Gasteiger partial charge in [-0.25, -0.2) is 0 Å². The molecule has 3 rings (SSSR count). The molecule has 0 radical (unpaired) electrons. The third-order valence-corrected chi connectivity index (χ3v) is 2.80. The summed E-state index contributed by atoms with van der Waals surface area (Å²) in [7, 11) is 0. The Morgan fingerprint density at radius 3 is 3.13 bits per heavy atom. The third kappa shape index (κ3) is 1.15. The van der Waals surface area contributed by atoms with Gasteiger partial charge in [-0.3, -0.25) is 0 Å². The van der Waals surface area contributed by atoms with Gasteiger partial charge in [-0.2, -0.15) is 0 Å². The van der Waals surface area contributed by atoms with Gasteiger partial charge in [-0.05, 0) is 10.8 Å². The second-order valence-corrected chi connectivity index (χ2v) is 3.81. The lowest BCUT2D eigenvalue weighted by Gasteiger charge is -2.17. The topological polar surface area (TPSA) is 56.9 Å². The first kappa shape index (κ1) is 8.75. The van der Waals surface area contributed by atoms with E-state index in [2.05, 4.69) is 10.6 Å². The van der Waals surface area contributed by atoms with Crippen LogP contribution < -0.4 is 5.32 Å². The van der Waals surface area contributed by atoms with Gasteiger partial charge in [0.2, 0.25) is 0 Å². The van der Waals surface area contributed by atoms with Crippen LogP contribution >= 0.6 is 12.2 Å². The van der Waals surface area contributed by atoms with Gasteiger partial charge in [0.1, 0.15) is 5.69 Å². The van der Waals surface area contributed by atoms with E-state index in [1.54, 1.807) is 4.70 Å². The van der Waals surface area contributed by atoms with Crippen LogP contribution in [-0.4, -0.2) is 27.1 Å². The maximum absolute atomic E-state index is 9.54. The summed E-state index contributed by atoms with van der Waals surface area (Å²) in [6.45, 7) is 0. The summed E-state index contributed by atoms with van der Waals surface area (Å²) in [4.78, 5) is 5.32. The van der Waals surface area contributed by atoms with Gasteiger partial charge in [0, 0.05) is 6.07 Å². The van der Waals surface area contributed by atoms with Crippen molar-refractivity contribution in [3.05, 3.63) is 24.3 Å². The molecule has 2 aliphatic heterocycles. The van der Waals surface area contributed by atoms with Crippen molar-refractivity contribution in [3.63, 3.8) is 0 Å². The molecule has 0 aliphatic carbocycles. The van der Waals surface area contributed by atoms with Gasteiger partial charge in [-0.15, -0.1) is 0 Å². The molecule has 6 heteroatoms. The van der Waals surface area contributed by atoms with Crippen LogP contribution in [0.1, 0.15) is 0 Å². The molecular formula is C9H8N3O2S+. The zero-order valence-corrected chi connectivity index (χ0v) is 8.44. The number of rotatable bonds is 0. The van der Waals surface area contributed by atoms with Crippen LogP contribution in [0.25, 0.3) is 0 Å². The molecule has 0 aromatic heterocycles. The van der Waals surface area contributed by atoms with Crippen molar-refractivity contribution in [2.75, 3.05) is 5.32 Å². The summed E-state index contributed by atoms with van der Waals surface area (Å²) < 4.78 is 1.60. The van der Waals surface area contributed by atoms with Gasteiger partial charge in [0.25, 0.3) is 5.69 Å². The maximum Gasteiger partial charge on any atom is 0.302 e. The Kier molecular flexibility index (Phi) is 1.74. The molecule has 0 spiro atoms. The highest BCUT2D eigenvalue weighted by Crippen LogP contribution is 2.34. The Labute approximate surface area is 90.9 Å². The van der Waals surface area contributed by atoms with E-state index in [4.69, 9.17) is 17.1 Å². The lowest BCUT2D eigenvalue weighted by molar-refractivity contribution is -0.529. The Hall–Kier alpha value is -1.53. The largest absolute Gasteiger partial charge is 0.351 e. The van der Waals surface area contributed by atoms with Gasteiger partial charge in [0.05, 0.1) is 0 Å². The predicted molar refractivity (Wildman–Crippen MR) is 55.9 cm³/mol. The molecule has 0 fully saturated rings. The highest BCUT2D eigenvalue weighted by Gasteiger charge is 2.49. The molecule has 2 N–H and O–H groups in total. The SMILES string of the molecule is OC1ON=[N+]2c3ccccc3NC(=S)C12. The number of thiocarbonyl (C=S) groups is 1. The number of nitrogens with one attached hydrogen (secondary N) is 1. The highest BCUT2D eigenvalue weighted by molar-refractivity contribution is 7.80. The van der Waals surface area contributed by atoms with Crippen LogP contribution in [-0.2, 0) is 4.84 Å². The van der Waals surface area contributed by atoms with Crippen molar-refractivity contribution in [3.8, 4) is 0 Å². The van der Waals surface area contributed by atoms with Gasteiger partial charge >= 0.3 is 12.3 Å². The van der Waals surface area contributed by atoms with Crippen molar-refractivity contribution < 1.29 is 14.6 Å². The number of hydrogen-bond acceptors (Lipinski definition) is 4. The van der Waals surface area contributed by atoms with E-state index < -0.39 is 12.3 Å². The minimum Gasteiger partial charge on any atom is -0.351 e. The number of anilines is 1. The Morgan fingerprint density at radius 2 is 2.27 bits per heavy atom. The molecule has 0 saturated carbocycles. The zero-order valence-electron chi connectivity index (χ0n) is 7.62. The Balaban J connectivity index is 2.17. The molecular weight excluding hydrogens is 214 g/mol. The molecule has 1 aromatic rings. The fourth-order valence-corrected chi connectivity index (χ4v) is 2.07. The third-order valence-electron chi connectivity index (χ3n) is 2.45. The lowest BCUT2D eigenvalue weighted by atomic mass is 10.1. The van der Waals surface area contributed by atoms with E-state index in [1.165, 1.54) is 0 Å². The number of benzene rings is 1. The van der Waals surface area contributed by atoms with Gasteiger partial charge in [0.15, 0.2) is 10.3 Å². The molecule has 0 saturated heterocycles. The van der Waals surface area contributed by atoms with Crippen molar-refractivity contribution in [2.24, 2.45) is 5.28 Å². The monoisotopic (exact) mass is 222 g/mol. The summed E-state index contributed by atoms with van der Waals surface area (Å²) in [6, 6.07) is 7.17. The highest BCUT2D eigenvalue weighted by atomic mass is 32.1. The van der Waals surface area contributed by atoms with E-state index in [1.807, 2.05) is 24.3 Å². The fraction of sp³-hybridized carbons (Fsp3) is 0.222. The fourth-order valence-electron chi connectivity index (χ4n) is 1.75. The summed E-state index contributed by atoms with van der Waals surface area (Å²) in [5.74, 6) is 0. The van der Waals surface area contributed by atoms with Crippen LogP contribution in [0.5, 0.6) is 0 Å². The second-order valence-electron chi connectivity index (χ2n) is 3.37. The van der Waals surface area contributed by atoms with Crippen LogP contribution in [0.2, 0.25) is 0 Å². The van der Waals surface area contributed by atoms with Gasteiger partial charge in [-0.1, -0.05) is 24.4 Å². The quantitative estimate of drug-likeness (QED) is 0.511. The number of aliphatic hydroxyl groups excluding tert-OH is 1. The maximum atomic E-state index is 9.54. The first-order chi connectivity index (χ1) is 7.27. The minimum absolute atomic E-state index is 0.421. The van der Waals surface area contributed by atoms with Crippen molar-refractivity contribution in [1.29, 1.82) is 0 Å². The predicted octanol–water partition coefficient (Wildman–Crippen LogP) is 1.17. The molecule has 0 amide bonds. The molecule has 5 nitrogen and oxygen atoms in total. The molecule has 2 atom stereocenters. The average Bonchev–Trinajstić information content (AvgIpc) is 2.62. The molecule has 0 bridgehead atoms. The first-order valence-electron chi connectivity index (χ1n) is 4.51. The molecule has 2 aliphatic rings. The van der Waals surface area contributed by atoms with E-state index in [9.17, 15) is 5.11 Å². The second kappa shape index (κ2) is 2.98. The number of fused-ring (bicyclic) bond motifs is 3. The molecule has 1 aromatic carbocycles. The molecule has 2 heterocycles. The summed E-state index contributed by atoms with van der Waals surface area (Å²) >= 11 is 5.14. The van der Waals surface area contributed by atoms with Crippen molar-refractivity contribution in [1.82, 2.24) is 0 Å². The van der Waals surface area contributed by atoms with Gasteiger partial charge < -0.3 is 15.3 Å². The van der Waals surface area contributed by atoms with Crippen LogP contribution in [0.4, 0.5) is 11.4 Å². The molecule has 15 heavy (non-hydrogen) atoms. The molecule has 76 valence electrons. The summed E-state index contributed by atoms with van der Waals surface area (Å²) in [5.41, 5.74) is 1.73. The Morgan fingerprint density at radius 1 is 1.47 bits per heavy atom. The summed E-state index contributed by atoms with van der Waals surface area (Å²) in [5, 5.41) is 16.4. The number of nitrogens with zero attached hydrogens (tertiary/aromatic N) is 2. The molecule has 2 unspecified atom stereocenters. The van der Waals surface area contributed by atoms with E-state index in [0.29, 0.717) is 4.99 Å². The van der Waals surface area contributed by atoms with Crippen molar-refractivity contribution in [2.45, 2.75) is 12.3 Å². The van der Waals surface area contributed by atoms with Crippen LogP contribution in [0.15, 0.2) is 29.5 Å². The summed E-state index contributed by atoms with van der Waals surface area (Å²) in [6.07, 6.45) is -1.00. The zero-order chi connectivity index (χ0) is 10.4. The number of aliphatic hydroxyl groups is 1. The lowest BCUT2D eigenvalue weighted by Crippen LogP contribution is -2.43. The van der Waals surface area contributed by atoms with E-state index in [0.717, 1.165) is 11.4 Å². The first-order valence-corrected chi connectivity index (χ1v) is 4.92. The van der Waals surface area contributed by atoms with Crippen LogP contribution in [0.3, 0.4) is 0 Å². The number of hydrogen-bond donors (Lipinski definition) is 2. The Bertz CT molecular complexity index is 474. The van der Waals surface area contributed by atoms with E-state index >= 15 is 0 Å². The standard InChI is InChI=1S/C9H7N3O2S/c13-9-7-8(15)10-5-3-1-2-4-6(5)12(7)11-14-9/h1-4,7,9,13H/p+1. The van der Waals surface area contributed by atoms with E-state index in [-0.39, 0.29) is 0 Å². The number of para-hydroxylation sites is 2. The van der Waals surface area contributed by atoms with Crippen molar-refractivity contribution >= 4 is 28.6 Å². The normalized spacial score (nSPS) is 27.3.